The van der Waals surface area contributed by atoms with Crippen LogP contribution in [0.3, 0.4) is 0 Å². The molecule has 7 heteroatoms. The fraction of sp³-hybridized carbons (Fsp3) is 0.175. The van der Waals surface area contributed by atoms with E-state index in [-0.39, 0.29) is 5.41 Å². The Morgan fingerprint density at radius 1 is 0.344 bits per heavy atom. The molecule has 0 aliphatic heterocycles. The second-order valence-corrected chi connectivity index (χ2v) is 18.2. The number of benzene rings is 6. The molecule has 9 aromatic rings. The van der Waals surface area contributed by atoms with Crippen LogP contribution < -0.4 is 0 Å². The maximum absolute atomic E-state index is 5.28. The molecule has 0 unspecified atom stereocenters. The number of fused-ring (bicyclic) bond motifs is 3. The zero-order valence-electron chi connectivity index (χ0n) is 35.2. The van der Waals surface area contributed by atoms with Crippen LogP contribution >= 0.6 is 0 Å². The van der Waals surface area contributed by atoms with E-state index in [9.17, 15) is 0 Å². The van der Waals surface area contributed by atoms with Crippen molar-refractivity contribution in [3.8, 4) is 90.7 Å². The fourth-order valence-electron chi connectivity index (χ4n) is 12.2. The van der Waals surface area contributed by atoms with Crippen molar-refractivity contribution in [3.63, 3.8) is 0 Å². The second kappa shape index (κ2) is 14.8. The maximum atomic E-state index is 5.28. The Hall–Kier alpha value is -7.51. The molecule has 0 atom stereocenters. The normalized spacial score (nSPS) is 21.2. The van der Waals surface area contributed by atoms with Gasteiger partial charge in [-0.05, 0) is 107 Å². The molecule has 3 aromatic heterocycles. The fourth-order valence-corrected chi connectivity index (χ4v) is 12.2. The lowest BCUT2D eigenvalue weighted by Gasteiger charge is -2.61. The van der Waals surface area contributed by atoms with E-state index < -0.39 is 0 Å². The van der Waals surface area contributed by atoms with E-state index in [0.717, 1.165) is 45.2 Å². The Kier molecular flexibility index (Phi) is 8.58. The van der Waals surface area contributed by atoms with Crippen molar-refractivity contribution in [3.05, 3.63) is 187 Å². The van der Waals surface area contributed by atoms with Gasteiger partial charge in [-0.2, -0.15) is 0 Å². The lowest BCUT2D eigenvalue weighted by molar-refractivity contribution is -0.0399. The summed E-state index contributed by atoms with van der Waals surface area (Å²) in [6.07, 6.45) is 8.44. The summed E-state index contributed by atoms with van der Waals surface area (Å²) in [5.74, 6) is 6.67. The maximum Gasteiger partial charge on any atom is 0.182 e. The van der Waals surface area contributed by atoms with Crippen LogP contribution in [0.2, 0.25) is 0 Å². The van der Waals surface area contributed by atoms with E-state index in [1.807, 2.05) is 103 Å². The van der Waals surface area contributed by atoms with Crippen molar-refractivity contribution in [1.29, 1.82) is 0 Å². The molecule has 6 aromatic carbocycles. The molecule has 3 heterocycles. The number of pyridine rings is 1. The molecule has 7 nitrogen and oxygen atoms in total. The monoisotopic (exact) mass is 825 g/mol. The van der Waals surface area contributed by atoms with Gasteiger partial charge in [0.25, 0.3) is 0 Å². The Morgan fingerprint density at radius 2 is 0.812 bits per heavy atom. The van der Waals surface area contributed by atoms with Gasteiger partial charge in [0.1, 0.15) is 5.69 Å². The van der Waals surface area contributed by atoms with Gasteiger partial charge in [-0.1, -0.05) is 152 Å². The molecule has 4 fully saturated rings. The van der Waals surface area contributed by atoms with Gasteiger partial charge in [0.05, 0.1) is 0 Å². The highest BCUT2D eigenvalue weighted by atomic mass is 15.1. The van der Waals surface area contributed by atoms with Crippen molar-refractivity contribution in [2.24, 2.45) is 23.7 Å². The molecule has 4 bridgehead atoms. The number of hydrogen-bond donors (Lipinski definition) is 0. The molecule has 0 radical (unpaired) electrons. The van der Waals surface area contributed by atoms with Gasteiger partial charge in [-0.15, -0.1) is 0 Å². The number of rotatable bonds is 7. The van der Waals surface area contributed by atoms with Crippen molar-refractivity contribution < 1.29 is 0 Å². The molecule has 1 spiro atoms. The van der Waals surface area contributed by atoms with E-state index in [4.69, 9.17) is 34.9 Å². The predicted octanol–water partition coefficient (Wildman–Crippen LogP) is 12.8. The first kappa shape index (κ1) is 37.1. The highest BCUT2D eigenvalue weighted by Gasteiger charge is 2.62. The van der Waals surface area contributed by atoms with E-state index in [2.05, 4.69) is 72.8 Å². The van der Waals surface area contributed by atoms with Gasteiger partial charge in [0.15, 0.2) is 34.9 Å². The smallest absolute Gasteiger partial charge is 0.182 e. The first-order chi connectivity index (χ1) is 31.7. The van der Waals surface area contributed by atoms with Gasteiger partial charge >= 0.3 is 0 Å². The van der Waals surface area contributed by atoms with Gasteiger partial charge in [-0.25, -0.2) is 29.9 Å². The Morgan fingerprint density at radius 3 is 1.33 bits per heavy atom. The Labute approximate surface area is 372 Å². The largest absolute Gasteiger partial charge is 0.253 e. The van der Waals surface area contributed by atoms with E-state index in [1.54, 1.807) is 0 Å². The van der Waals surface area contributed by atoms with Gasteiger partial charge < -0.3 is 0 Å². The topological polar surface area (TPSA) is 90.2 Å². The van der Waals surface area contributed by atoms with Crippen LogP contribution in [0.1, 0.15) is 43.2 Å². The minimum absolute atomic E-state index is 0.0824. The van der Waals surface area contributed by atoms with Crippen molar-refractivity contribution in [1.82, 2.24) is 34.9 Å². The van der Waals surface area contributed by atoms with Crippen LogP contribution in [0.5, 0.6) is 0 Å². The van der Waals surface area contributed by atoms with Crippen molar-refractivity contribution in [2.45, 2.75) is 37.5 Å². The standard InChI is InChI=1S/C57H43N7/c1-5-14-37(15-6-1)51-59-52(38-16-7-2-8-17-38)62-55(61-51)46-22-13-23-47-50(46)45-25-24-41(33-48(45)57(47)43-29-35-28-36(31-43)32-44(57)30-35)42-26-27-58-49(34-42)56-63-53(39-18-9-3-10-19-39)60-54(64-56)40-20-11-4-12-21-40/h1-27,33-36,43-44H,28-32H2. The van der Waals surface area contributed by atoms with Crippen molar-refractivity contribution in [2.75, 3.05) is 0 Å². The highest BCUT2D eigenvalue weighted by Crippen LogP contribution is 2.70. The average molecular weight is 826 g/mol. The molecule has 14 rings (SSSR count). The molecule has 0 amide bonds. The first-order valence-corrected chi connectivity index (χ1v) is 22.6. The Balaban J connectivity index is 0.979. The summed E-state index contributed by atoms with van der Waals surface area (Å²) >= 11 is 0. The van der Waals surface area contributed by atoms with E-state index in [0.29, 0.717) is 52.5 Å². The third-order valence-corrected chi connectivity index (χ3v) is 14.6. The summed E-state index contributed by atoms with van der Waals surface area (Å²) < 4.78 is 0. The van der Waals surface area contributed by atoms with E-state index >= 15 is 0 Å². The first-order valence-electron chi connectivity index (χ1n) is 22.6. The summed E-state index contributed by atoms with van der Waals surface area (Å²) in [5, 5.41) is 0. The number of aromatic nitrogens is 7. The quantitative estimate of drug-likeness (QED) is 0.158. The van der Waals surface area contributed by atoms with Gasteiger partial charge in [0, 0.05) is 39.4 Å². The number of hydrogen-bond acceptors (Lipinski definition) is 7. The molecule has 0 saturated heterocycles. The summed E-state index contributed by atoms with van der Waals surface area (Å²) in [5.41, 5.74) is 13.3. The zero-order chi connectivity index (χ0) is 42.2. The molecule has 306 valence electrons. The lowest BCUT2D eigenvalue weighted by Crippen LogP contribution is -2.55. The summed E-state index contributed by atoms with van der Waals surface area (Å²) in [6, 6.07) is 59.2. The molecular formula is C57H43N7. The third-order valence-electron chi connectivity index (χ3n) is 14.6. The molecular weight excluding hydrogens is 783 g/mol. The Bertz CT molecular complexity index is 3080. The average Bonchev–Trinajstić information content (AvgIpc) is 3.66. The van der Waals surface area contributed by atoms with Gasteiger partial charge in [0.2, 0.25) is 0 Å². The SMILES string of the molecule is c1ccc(-c2nc(-c3ccccc3)nc(-c3cc(-c4ccc5c(c4)C4(c6cccc(-c7nc(-c8ccccc8)nc(-c8ccccc8)n7)c6-5)C5CC6CC(C5)CC4C6)ccn3)n2)cc1. The van der Waals surface area contributed by atoms with Crippen LogP contribution in [-0.2, 0) is 5.41 Å². The summed E-state index contributed by atoms with van der Waals surface area (Å²) in [7, 11) is 0. The van der Waals surface area contributed by atoms with Crippen LogP contribution in [0.15, 0.2) is 176 Å². The highest BCUT2D eigenvalue weighted by molar-refractivity contribution is 5.93. The minimum Gasteiger partial charge on any atom is -0.253 e. The van der Waals surface area contributed by atoms with Gasteiger partial charge in [-0.3, -0.25) is 4.98 Å². The summed E-state index contributed by atoms with van der Waals surface area (Å²) in [6.45, 7) is 0. The molecule has 0 N–H and O–H groups in total. The molecule has 64 heavy (non-hydrogen) atoms. The van der Waals surface area contributed by atoms with E-state index in [1.165, 1.54) is 59.9 Å². The molecule has 4 saturated carbocycles. The predicted molar refractivity (Wildman–Crippen MR) is 252 cm³/mol. The molecule has 5 aliphatic carbocycles. The number of nitrogens with zero attached hydrogens (tertiary/aromatic N) is 7. The van der Waals surface area contributed by atoms with Crippen LogP contribution in [0.25, 0.3) is 90.7 Å². The van der Waals surface area contributed by atoms with Crippen LogP contribution in [-0.4, -0.2) is 34.9 Å². The zero-order valence-corrected chi connectivity index (χ0v) is 35.2. The third kappa shape index (κ3) is 5.98. The lowest BCUT2D eigenvalue weighted by atomic mass is 9.43. The van der Waals surface area contributed by atoms with Crippen LogP contribution in [0.4, 0.5) is 0 Å². The van der Waals surface area contributed by atoms with Crippen LogP contribution in [0, 0.1) is 23.7 Å². The second-order valence-electron chi connectivity index (χ2n) is 18.2. The van der Waals surface area contributed by atoms with Crippen molar-refractivity contribution >= 4 is 0 Å². The minimum atomic E-state index is -0.0824. The summed E-state index contributed by atoms with van der Waals surface area (Å²) in [4.78, 5) is 35.5. The molecule has 5 aliphatic rings.